The number of aromatic amines is 1. The monoisotopic (exact) mass is 404 g/mol. The molecule has 0 bridgehead atoms. The smallest absolute Gasteiger partial charge is 0.422 e. The van der Waals surface area contributed by atoms with Gasteiger partial charge in [-0.15, -0.1) is 0 Å². The normalized spacial score (nSPS) is 12.2. The van der Waals surface area contributed by atoms with E-state index >= 15 is 0 Å². The van der Waals surface area contributed by atoms with Crippen molar-refractivity contribution in [3.63, 3.8) is 0 Å². The van der Waals surface area contributed by atoms with Crippen molar-refractivity contribution in [2.24, 2.45) is 4.99 Å². The van der Waals surface area contributed by atoms with Gasteiger partial charge in [-0.2, -0.15) is 13.2 Å². The molecule has 8 heteroatoms. The fourth-order valence-corrected chi connectivity index (χ4v) is 2.78. The van der Waals surface area contributed by atoms with Gasteiger partial charge in [-0.25, -0.2) is 4.99 Å². The Kier molecular flexibility index (Phi) is 6.64. The number of halogens is 3. The average molecular weight is 404 g/mol. The maximum absolute atomic E-state index is 12.2. The number of fused-ring (bicyclic) bond motifs is 1. The van der Waals surface area contributed by atoms with Crippen molar-refractivity contribution >= 4 is 16.9 Å². The summed E-state index contributed by atoms with van der Waals surface area (Å²) in [7, 11) is 0. The maximum atomic E-state index is 12.2. The predicted molar refractivity (Wildman–Crippen MR) is 108 cm³/mol. The first-order chi connectivity index (χ1) is 13.9. The van der Waals surface area contributed by atoms with Gasteiger partial charge in [0.25, 0.3) is 0 Å². The molecule has 0 radical (unpaired) electrons. The quantitative estimate of drug-likeness (QED) is 0.405. The van der Waals surface area contributed by atoms with Gasteiger partial charge in [-0.1, -0.05) is 30.3 Å². The molecular weight excluding hydrogens is 381 g/mol. The number of alkyl halides is 3. The van der Waals surface area contributed by atoms with E-state index in [2.05, 4.69) is 32.7 Å². The standard InChI is InChI=1S/C21H23F3N4O/c1-2-25-20(27-13-17-11-16-5-3-4-6-19(16)28-17)26-12-15-7-9-18(10-8-15)29-14-21(22,23)24/h3-11,28H,2,12-14H2,1H3,(H2,25,26,27). The molecule has 2 aromatic carbocycles. The molecule has 5 nitrogen and oxygen atoms in total. The Balaban J connectivity index is 1.57. The van der Waals surface area contributed by atoms with Crippen LogP contribution in [0.25, 0.3) is 10.9 Å². The second-order valence-electron chi connectivity index (χ2n) is 6.48. The number of hydrogen-bond donors (Lipinski definition) is 3. The second kappa shape index (κ2) is 9.36. The summed E-state index contributed by atoms with van der Waals surface area (Å²) in [5.74, 6) is 0.836. The number of aliphatic imine (C=N–C) groups is 1. The zero-order valence-corrected chi connectivity index (χ0v) is 16.0. The van der Waals surface area contributed by atoms with Crippen LogP contribution in [0.4, 0.5) is 13.2 Å². The van der Waals surface area contributed by atoms with Crippen LogP contribution in [0.3, 0.4) is 0 Å². The first-order valence-electron chi connectivity index (χ1n) is 9.30. The third-order valence-corrected chi connectivity index (χ3v) is 4.12. The summed E-state index contributed by atoms with van der Waals surface area (Å²) in [4.78, 5) is 7.88. The third-order valence-electron chi connectivity index (χ3n) is 4.12. The van der Waals surface area contributed by atoms with E-state index in [1.165, 1.54) is 12.1 Å². The second-order valence-corrected chi connectivity index (χ2v) is 6.48. The van der Waals surface area contributed by atoms with E-state index in [0.29, 0.717) is 25.6 Å². The minimum absolute atomic E-state index is 0.180. The van der Waals surface area contributed by atoms with Crippen LogP contribution in [0.15, 0.2) is 59.6 Å². The molecule has 0 atom stereocenters. The summed E-state index contributed by atoms with van der Waals surface area (Å²) in [6, 6.07) is 16.6. The molecule has 0 saturated carbocycles. The number of hydrogen-bond acceptors (Lipinski definition) is 2. The molecule has 0 amide bonds. The Morgan fingerprint density at radius 1 is 1.07 bits per heavy atom. The summed E-state index contributed by atoms with van der Waals surface area (Å²) in [6.07, 6.45) is -4.35. The van der Waals surface area contributed by atoms with Gasteiger partial charge in [0.05, 0.1) is 13.1 Å². The lowest BCUT2D eigenvalue weighted by atomic mass is 10.2. The van der Waals surface area contributed by atoms with E-state index in [1.54, 1.807) is 12.1 Å². The molecule has 0 unspecified atom stereocenters. The van der Waals surface area contributed by atoms with Crippen LogP contribution in [-0.4, -0.2) is 30.3 Å². The van der Waals surface area contributed by atoms with Gasteiger partial charge in [0.2, 0.25) is 0 Å². The Bertz CT molecular complexity index is 915. The lowest BCUT2D eigenvalue weighted by Gasteiger charge is -2.11. The molecule has 29 heavy (non-hydrogen) atoms. The Hall–Kier alpha value is -3.16. The molecule has 0 fully saturated rings. The van der Waals surface area contributed by atoms with Crippen LogP contribution >= 0.6 is 0 Å². The van der Waals surface area contributed by atoms with Crippen molar-refractivity contribution in [1.29, 1.82) is 0 Å². The summed E-state index contributed by atoms with van der Waals surface area (Å²) in [5.41, 5.74) is 2.99. The molecule has 3 aromatic rings. The van der Waals surface area contributed by atoms with Crippen molar-refractivity contribution in [3.8, 4) is 5.75 Å². The van der Waals surface area contributed by atoms with Crippen LogP contribution in [0, 0.1) is 0 Å². The van der Waals surface area contributed by atoms with E-state index in [-0.39, 0.29) is 5.75 Å². The molecule has 0 aliphatic carbocycles. The third kappa shape index (κ3) is 6.44. The number of rotatable bonds is 7. The highest BCUT2D eigenvalue weighted by Gasteiger charge is 2.28. The van der Waals surface area contributed by atoms with Gasteiger partial charge in [0.1, 0.15) is 5.75 Å². The van der Waals surface area contributed by atoms with E-state index in [4.69, 9.17) is 4.74 Å². The lowest BCUT2D eigenvalue weighted by molar-refractivity contribution is -0.153. The molecular formula is C21H23F3N4O. The minimum atomic E-state index is -4.35. The molecule has 3 N–H and O–H groups in total. The Morgan fingerprint density at radius 3 is 2.52 bits per heavy atom. The van der Waals surface area contributed by atoms with Crippen LogP contribution in [0.2, 0.25) is 0 Å². The highest BCUT2D eigenvalue weighted by Crippen LogP contribution is 2.19. The first kappa shape index (κ1) is 20.6. The van der Waals surface area contributed by atoms with E-state index in [0.717, 1.165) is 22.2 Å². The van der Waals surface area contributed by atoms with Gasteiger partial charge in [-0.3, -0.25) is 0 Å². The number of benzene rings is 2. The molecule has 1 heterocycles. The van der Waals surface area contributed by atoms with Crippen molar-refractivity contribution in [3.05, 3.63) is 65.9 Å². The first-order valence-corrected chi connectivity index (χ1v) is 9.30. The Labute approximate surface area is 167 Å². The summed E-state index contributed by atoms with van der Waals surface area (Å²) < 4.78 is 41.3. The van der Waals surface area contributed by atoms with Crippen molar-refractivity contribution in [2.75, 3.05) is 13.2 Å². The van der Waals surface area contributed by atoms with E-state index in [1.807, 2.05) is 25.1 Å². The maximum Gasteiger partial charge on any atom is 0.422 e. The van der Waals surface area contributed by atoms with Gasteiger partial charge in [0.15, 0.2) is 12.6 Å². The fraction of sp³-hybridized carbons (Fsp3) is 0.286. The Morgan fingerprint density at radius 2 is 1.83 bits per heavy atom. The molecule has 0 aliphatic heterocycles. The highest BCUT2D eigenvalue weighted by atomic mass is 19.4. The summed E-state index contributed by atoms with van der Waals surface area (Å²) >= 11 is 0. The molecule has 0 spiro atoms. The molecule has 1 aromatic heterocycles. The van der Waals surface area contributed by atoms with Crippen LogP contribution in [0.5, 0.6) is 5.75 Å². The SMILES string of the molecule is CCNC(=NCc1ccc(OCC(F)(F)F)cc1)NCc1cc2ccccc2[nH]1. The van der Waals surface area contributed by atoms with E-state index in [9.17, 15) is 13.2 Å². The summed E-state index contributed by atoms with van der Waals surface area (Å²) in [5, 5.41) is 7.61. The predicted octanol–water partition coefficient (Wildman–Crippen LogP) is 4.36. The van der Waals surface area contributed by atoms with Crippen molar-refractivity contribution in [2.45, 2.75) is 26.2 Å². The highest BCUT2D eigenvalue weighted by molar-refractivity contribution is 5.81. The average Bonchev–Trinajstić information content (AvgIpc) is 3.12. The zero-order valence-electron chi connectivity index (χ0n) is 16.0. The van der Waals surface area contributed by atoms with Crippen molar-refractivity contribution in [1.82, 2.24) is 15.6 Å². The molecule has 0 saturated heterocycles. The van der Waals surface area contributed by atoms with Crippen molar-refractivity contribution < 1.29 is 17.9 Å². The topological polar surface area (TPSA) is 61.4 Å². The van der Waals surface area contributed by atoms with Gasteiger partial charge < -0.3 is 20.4 Å². The number of nitrogens with zero attached hydrogens (tertiary/aromatic N) is 1. The van der Waals surface area contributed by atoms with Crippen LogP contribution < -0.4 is 15.4 Å². The number of ether oxygens (including phenoxy) is 1. The van der Waals surface area contributed by atoms with Crippen LogP contribution in [-0.2, 0) is 13.1 Å². The molecule has 0 aliphatic rings. The van der Waals surface area contributed by atoms with Crippen LogP contribution in [0.1, 0.15) is 18.2 Å². The van der Waals surface area contributed by atoms with Gasteiger partial charge in [-0.05, 0) is 42.1 Å². The molecule has 3 rings (SSSR count). The zero-order chi connectivity index (χ0) is 20.7. The fourth-order valence-electron chi connectivity index (χ4n) is 2.78. The molecule has 154 valence electrons. The number of aromatic nitrogens is 1. The lowest BCUT2D eigenvalue weighted by Crippen LogP contribution is -2.36. The largest absolute Gasteiger partial charge is 0.484 e. The van der Waals surface area contributed by atoms with Gasteiger partial charge >= 0.3 is 6.18 Å². The number of guanidine groups is 1. The summed E-state index contributed by atoms with van der Waals surface area (Å²) in [6.45, 7) is 2.37. The number of H-pyrrole nitrogens is 1. The van der Waals surface area contributed by atoms with Gasteiger partial charge in [0, 0.05) is 17.8 Å². The van der Waals surface area contributed by atoms with E-state index < -0.39 is 12.8 Å². The minimum Gasteiger partial charge on any atom is -0.484 e. The number of para-hydroxylation sites is 1. The number of nitrogens with one attached hydrogen (secondary N) is 3.